The molecule has 0 saturated carbocycles. The fourth-order valence-corrected chi connectivity index (χ4v) is 1.54. The number of hydrogen-bond donors (Lipinski definition) is 2. The third-order valence-corrected chi connectivity index (χ3v) is 2.37. The Morgan fingerprint density at radius 3 is 2.67 bits per heavy atom. The van der Waals surface area contributed by atoms with E-state index in [1.165, 1.54) is 12.1 Å². The molecule has 15 heavy (non-hydrogen) atoms. The number of aromatic nitrogens is 1. The third-order valence-electron chi connectivity index (χ3n) is 2.05. The van der Waals surface area contributed by atoms with Crippen LogP contribution in [0.2, 0.25) is 5.02 Å². The van der Waals surface area contributed by atoms with Crippen LogP contribution in [0.25, 0.3) is 11.1 Å². The van der Waals surface area contributed by atoms with Gasteiger partial charge in [0, 0.05) is 22.8 Å². The summed E-state index contributed by atoms with van der Waals surface area (Å²) in [6, 6.07) is 7.74. The Labute approximate surface area is 91.0 Å². The van der Waals surface area contributed by atoms with Crippen LogP contribution < -0.4 is 5.56 Å². The van der Waals surface area contributed by atoms with E-state index >= 15 is 0 Å². The quantitative estimate of drug-likeness (QED) is 0.777. The average molecular weight is 222 g/mol. The smallest absolute Gasteiger partial charge is 0.247 e. The van der Waals surface area contributed by atoms with Gasteiger partial charge in [0.25, 0.3) is 0 Å². The summed E-state index contributed by atoms with van der Waals surface area (Å²) < 4.78 is 0. The number of hydrogen-bond acceptors (Lipinski definition) is 2. The molecule has 0 spiro atoms. The lowest BCUT2D eigenvalue weighted by Crippen LogP contribution is -2.01. The lowest BCUT2D eigenvalue weighted by Gasteiger charge is -2.04. The molecule has 0 fully saturated rings. The van der Waals surface area contributed by atoms with Crippen molar-refractivity contribution in [3.63, 3.8) is 0 Å². The molecule has 4 heteroatoms. The number of H-pyrrole nitrogens is 1. The number of phenolic OH excluding ortho intramolecular Hbond substituents is 1. The lowest BCUT2D eigenvalue weighted by atomic mass is 10.1. The number of nitrogens with one attached hydrogen (secondary N) is 1. The molecular weight excluding hydrogens is 214 g/mol. The highest BCUT2D eigenvalue weighted by atomic mass is 35.5. The van der Waals surface area contributed by atoms with E-state index in [2.05, 4.69) is 4.98 Å². The highest BCUT2D eigenvalue weighted by molar-refractivity contribution is 6.33. The van der Waals surface area contributed by atoms with Gasteiger partial charge in [-0.2, -0.15) is 0 Å². The van der Waals surface area contributed by atoms with Crippen LogP contribution in [0.1, 0.15) is 0 Å². The number of benzene rings is 1. The van der Waals surface area contributed by atoms with Crippen LogP contribution in [0.4, 0.5) is 0 Å². The fraction of sp³-hybridized carbons (Fsp3) is 0. The third kappa shape index (κ3) is 2.02. The van der Waals surface area contributed by atoms with Crippen molar-refractivity contribution in [3.05, 3.63) is 51.9 Å². The van der Waals surface area contributed by atoms with Crippen molar-refractivity contribution in [2.75, 3.05) is 0 Å². The highest BCUT2D eigenvalue weighted by Gasteiger charge is 2.04. The van der Waals surface area contributed by atoms with Crippen LogP contribution >= 0.6 is 11.6 Å². The molecule has 0 aliphatic carbocycles. The zero-order valence-corrected chi connectivity index (χ0v) is 8.45. The van der Waals surface area contributed by atoms with E-state index in [1.54, 1.807) is 24.4 Å². The van der Waals surface area contributed by atoms with Gasteiger partial charge in [0.2, 0.25) is 5.56 Å². The first-order valence-corrected chi connectivity index (χ1v) is 4.72. The monoisotopic (exact) mass is 221 g/mol. The van der Waals surface area contributed by atoms with Crippen molar-refractivity contribution in [1.82, 2.24) is 4.98 Å². The summed E-state index contributed by atoms with van der Waals surface area (Å²) >= 11 is 5.97. The zero-order valence-electron chi connectivity index (χ0n) is 7.70. The Morgan fingerprint density at radius 2 is 2.00 bits per heavy atom. The maximum Gasteiger partial charge on any atom is 0.247 e. The largest absolute Gasteiger partial charge is 0.508 e. The van der Waals surface area contributed by atoms with Gasteiger partial charge in [0.05, 0.1) is 0 Å². The second-order valence-electron chi connectivity index (χ2n) is 3.11. The summed E-state index contributed by atoms with van der Waals surface area (Å²) in [4.78, 5) is 13.4. The minimum Gasteiger partial charge on any atom is -0.508 e. The Hall–Kier alpha value is -1.74. The Morgan fingerprint density at radius 1 is 1.20 bits per heavy atom. The number of aromatic hydroxyl groups is 1. The van der Waals surface area contributed by atoms with Gasteiger partial charge in [-0.25, -0.2) is 0 Å². The molecule has 0 radical (unpaired) electrons. The average Bonchev–Trinajstić information content (AvgIpc) is 2.23. The molecule has 0 atom stereocenters. The molecule has 1 aromatic carbocycles. The zero-order chi connectivity index (χ0) is 10.8. The molecule has 1 heterocycles. The summed E-state index contributed by atoms with van der Waals surface area (Å²) in [5.41, 5.74) is 1.28. The van der Waals surface area contributed by atoms with E-state index in [1.807, 2.05) is 0 Å². The van der Waals surface area contributed by atoms with Crippen molar-refractivity contribution in [2.45, 2.75) is 0 Å². The predicted octanol–water partition coefficient (Wildman–Crippen LogP) is 2.40. The Bertz CT molecular complexity index is 528. The van der Waals surface area contributed by atoms with Gasteiger partial charge in [0.1, 0.15) is 5.75 Å². The van der Waals surface area contributed by atoms with Crippen LogP contribution in [0, 0.1) is 0 Å². The number of phenols is 1. The summed E-state index contributed by atoms with van der Waals surface area (Å²) in [6.45, 7) is 0. The maximum atomic E-state index is 10.9. The molecular formula is C11H8ClNO2. The van der Waals surface area contributed by atoms with E-state index in [0.717, 1.165) is 5.56 Å². The number of rotatable bonds is 1. The number of pyridine rings is 1. The molecule has 0 unspecified atom stereocenters. The van der Waals surface area contributed by atoms with Crippen LogP contribution in [-0.2, 0) is 0 Å². The van der Waals surface area contributed by atoms with Gasteiger partial charge >= 0.3 is 0 Å². The minimum absolute atomic E-state index is 0.139. The van der Waals surface area contributed by atoms with Crippen LogP contribution in [0.5, 0.6) is 5.75 Å². The van der Waals surface area contributed by atoms with Crippen LogP contribution in [0.15, 0.2) is 41.3 Å². The molecule has 1 aromatic heterocycles. The van der Waals surface area contributed by atoms with E-state index < -0.39 is 0 Å². The van der Waals surface area contributed by atoms with E-state index in [0.29, 0.717) is 10.6 Å². The molecule has 76 valence electrons. The maximum absolute atomic E-state index is 10.9. The Kier molecular flexibility index (Phi) is 2.47. The summed E-state index contributed by atoms with van der Waals surface area (Å²) in [6.07, 6.45) is 1.56. The fourth-order valence-electron chi connectivity index (χ4n) is 1.31. The SMILES string of the molecule is O=c1ccc(-c2cc(O)ccc2Cl)c[nH]1. The molecule has 0 aliphatic heterocycles. The number of aromatic amines is 1. The second-order valence-corrected chi connectivity index (χ2v) is 3.51. The van der Waals surface area contributed by atoms with E-state index in [9.17, 15) is 9.90 Å². The van der Waals surface area contributed by atoms with Gasteiger partial charge < -0.3 is 10.1 Å². The van der Waals surface area contributed by atoms with Crippen molar-refractivity contribution < 1.29 is 5.11 Å². The van der Waals surface area contributed by atoms with E-state index in [-0.39, 0.29) is 11.3 Å². The Balaban J connectivity index is 2.58. The summed E-state index contributed by atoms with van der Waals surface area (Å²) in [7, 11) is 0. The second kappa shape index (κ2) is 3.79. The van der Waals surface area contributed by atoms with Crippen molar-refractivity contribution >= 4 is 11.6 Å². The molecule has 2 N–H and O–H groups in total. The first-order chi connectivity index (χ1) is 7.16. The topological polar surface area (TPSA) is 53.1 Å². The van der Waals surface area contributed by atoms with Gasteiger partial charge in [-0.15, -0.1) is 0 Å². The molecule has 0 saturated heterocycles. The van der Waals surface area contributed by atoms with Gasteiger partial charge in [-0.3, -0.25) is 4.79 Å². The summed E-state index contributed by atoms with van der Waals surface area (Å²) in [5.74, 6) is 0.139. The van der Waals surface area contributed by atoms with Crippen molar-refractivity contribution in [1.29, 1.82) is 0 Å². The first-order valence-electron chi connectivity index (χ1n) is 4.34. The van der Waals surface area contributed by atoms with Crippen LogP contribution in [-0.4, -0.2) is 10.1 Å². The van der Waals surface area contributed by atoms with Crippen LogP contribution in [0.3, 0.4) is 0 Å². The van der Waals surface area contributed by atoms with Gasteiger partial charge in [-0.05, 0) is 29.8 Å². The first kappa shape index (κ1) is 9.80. The van der Waals surface area contributed by atoms with E-state index in [4.69, 9.17) is 11.6 Å². The number of halogens is 1. The normalized spacial score (nSPS) is 10.2. The van der Waals surface area contributed by atoms with Crippen molar-refractivity contribution in [2.24, 2.45) is 0 Å². The highest BCUT2D eigenvalue weighted by Crippen LogP contribution is 2.29. The molecule has 3 nitrogen and oxygen atoms in total. The molecule has 2 aromatic rings. The minimum atomic E-state index is -0.171. The molecule has 2 rings (SSSR count). The predicted molar refractivity (Wildman–Crippen MR) is 59.2 cm³/mol. The lowest BCUT2D eigenvalue weighted by molar-refractivity contribution is 0.475. The molecule has 0 aliphatic rings. The molecule has 0 bridgehead atoms. The molecule has 0 amide bonds. The van der Waals surface area contributed by atoms with Crippen molar-refractivity contribution in [3.8, 4) is 16.9 Å². The standard InChI is InChI=1S/C11H8ClNO2/c12-10-3-2-8(14)5-9(10)7-1-4-11(15)13-6-7/h1-6,14H,(H,13,15). The summed E-state index contributed by atoms with van der Waals surface area (Å²) in [5, 5.41) is 9.85. The van der Waals surface area contributed by atoms with Gasteiger partial charge in [-0.1, -0.05) is 11.6 Å². The van der Waals surface area contributed by atoms with Gasteiger partial charge in [0.15, 0.2) is 0 Å².